The van der Waals surface area contributed by atoms with Crippen LogP contribution in [0.3, 0.4) is 0 Å². The van der Waals surface area contributed by atoms with Crippen LogP contribution in [0.25, 0.3) is 0 Å². The first-order valence-electron chi connectivity index (χ1n) is 28.6. The second kappa shape index (κ2) is 29.7. The number of nitrogens with zero attached hydrogens (tertiary/aromatic N) is 2. The Morgan fingerprint density at radius 1 is 0.412 bits per heavy atom. The van der Waals surface area contributed by atoms with Crippen LogP contribution in [-0.4, -0.2) is 24.7 Å². The molecule has 2 aromatic carbocycles. The first-order valence-corrected chi connectivity index (χ1v) is 29.4. The number of ketones is 2. The van der Waals surface area contributed by atoms with Gasteiger partial charge in [-0.25, -0.2) is 0 Å². The van der Waals surface area contributed by atoms with E-state index in [1.807, 2.05) is 24.3 Å². The summed E-state index contributed by atoms with van der Waals surface area (Å²) in [5, 5.41) is 1.43. The van der Waals surface area contributed by atoms with Crippen LogP contribution in [0, 0.1) is 11.8 Å². The van der Waals surface area contributed by atoms with Crippen LogP contribution in [-0.2, 0) is 20.4 Å². The minimum atomic E-state index is -0.737. The lowest BCUT2D eigenvalue weighted by Crippen LogP contribution is -2.48. The lowest BCUT2D eigenvalue weighted by molar-refractivity contribution is -0.146. The molecule has 0 atom stereocenters. The largest absolute Gasteiger partial charge is 0.344 e. The van der Waals surface area contributed by atoms with Crippen LogP contribution in [0.2, 0.25) is 10.0 Å². The predicted octanol–water partition coefficient (Wildman–Crippen LogP) is 19.6. The Morgan fingerprint density at radius 3 is 0.926 bits per heavy atom. The highest BCUT2D eigenvalue weighted by atomic mass is 35.5. The number of fused-ring (bicyclic) bond motifs is 2. The van der Waals surface area contributed by atoms with Crippen LogP contribution in [0.4, 0.5) is 11.4 Å². The molecule has 2 heterocycles. The molecule has 6 heteroatoms. The Kier molecular flexibility index (Phi) is 24.6. The van der Waals surface area contributed by atoms with Gasteiger partial charge < -0.3 is 9.80 Å². The molecule has 0 unspecified atom stereocenters. The lowest BCUT2D eigenvalue weighted by atomic mass is 9.69. The van der Waals surface area contributed by atoms with Crippen molar-refractivity contribution >= 4 is 46.1 Å². The summed E-state index contributed by atoms with van der Waals surface area (Å²) >= 11 is 13.3. The van der Waals surface area contributed by atoms with Crippen molar-refractivity contribution in [3.63, 3.8) is 0 Å². The molecule has 0 N–H and O–H groups in total. The lowest BCUT2D eigenvalue weighted by Gasteiger charge is -2.35. The zero-order chi connectivity index (χ0) is 48.8. The zero-order valence-electron chi connectivity index (χ0n) is 44.3. The summed E-state index contributed by atoms with van der Waals surface area (Å²) in [7, 11) is 0. The van der Waals surface area contributed by atoms with E-state index in [2.05, 4.69) is 75.6 Å². The zero-order valence-corrected chi connectivity index (χ0v) is 45.8. The highest BCUT2D eigenvalue weighted by Gasteiger charge is 2.51. The normalized spacial score (nSPS) is 19.4. The smallest absolute Gasteiger partial charge is 0.161 e. The summed E-state index contributed by atoms with van der Waals surface area (Å²) in [4.78, 5) is 33.3. The van der Waals surface area contributed by atoms with Crippen LogP contribution in [0.5, 0.6) is 0 Å². The van der Waals surface area contributed by atoms with Crippen molar-refractivity contribution in [2.24, 2.45) is 11.8 Å². The quantitative estimate of drug-likeness (QED) is 0.0504. The Hall–Kier alpha value is -2.56. The van der Waals surface area contributed by atoms with E-state index in [0.717, 1.165) is 48.7 Å². The molecular formula is C62H96Cl2N2O2. The number of rotatable bonds is 36. The molecule has 2 aromatic rings. The molecule has 2 aliphatic heterocycles. The second-order valence-electron chi connectivity index (χ2n) is 22.3. The maximum absolute atomic E-state index is 14.3. The number of hydrogen-bond donors (Lipinski definition) is 0. The first-order chi connectivity index (χ1) is 32.9. The van der Waals surface area contributed by atoms with Gasteiger partial charge in [0.15, 0.2) is 11.6 Å². The van der Waals surface area contributed by atoms with Gasteiger partial charge in [0, 0.05) is 56.7 Å². The fourth-order valence-corrected chi connectivity index (χ4v) is 12.0. The number of allylic oxidation sites excluding steroid dienone is 4. The fourth-order valence-electron chi connectivity index (χ4n) is 11.7. The topological polar surface area (TPSA) is 40.6 Å². The second-order valence-corrected chi connectivity index (χ2v) is 23.2. The monoisotopic (exact) mass is 971 g/mol. The maximum atomic E-state index is 14.3. The number of carbonyl (C=O) groups is 2. The molecule has 5 rings (SSSR count). The van der Waals surface area contributed by atoms with Gasteiger partial charge in [-0.1, -0.05) is 270 Å². The van der Waals surface area contributed by atoms with E-state index in [0.29, 0.717) is 10.0 Å². The number of halogens is 2. The molecule has 0 bridgehead atoms. The number of hydrogen-bond acceptors (Lipinski definition) is 4. The number of carbonyl (C=O) groups excluding carboxylic acids is 2. The number of unbranched alkanes of at least 4 members (excludes halogenated alkanes) is 30. The standard InChI is InChI=1S/C62H96Cl2N2O2/c1-7-9-11-13-15-17-19-21-23-25-27-29-31-33-35-37-43-65-55-45-49(63)39-41-53(55)61(3,4)57(65)47-51-59(67)52(60(51)68)48-58-62(5,6)54-42-40-50(64)46-56(54)66(58)44-38-36-34-32-30-28-26-24-22-20-18-16-14-12-10-8-2/h39-42,45-48,51-52H,7-38,43-44H2,1-6H3/b57-47+,58-48+. The van der Waals surface area contributed by atoms with Crippen LogP contribution in [0.1, 0.15) is 258 Å². The number of Topliss-reactive ketones (excluding diaryl/α,β-unsaturated/α-hetero) is 2. The molecule has 380 valence electrons. The van der Waals surface area contributed by atoms with Crippen molar-refractivity contribution in [1.29, 1.82) is 0 Å². The van der Waals surface area contributed by atoms with E-state index >= 15 is 0 Å². The third-order valence-corrected chi connectivity index (χ3v) is 16.5. The van der Waals surface area contributed by atoms with Crippen LogP contribution < -0.4 is 9.80 Å². The van der Waals surface area contributed by atoms with Gasteiger partial charge in [-0.3, -0.25) is 9.59 Å². The third kappa shape index (κ3) is 16.2. The van der Waals surface area contributed by atoms with Gasteiger partial charge in [0.25, 0.3) is 0 Å². The van der Waals surface area contributed by atoms with Crippen LogP contribution in [0.15, 0.2) is 59.9 Å². The Bertz CT molecular complexity index is 1750. The van der Waals surface area contributed by atoms with Gasteiger partial charge in [-0.05, 0) is 60.4 Å². The fraction of sp³-hybridized carbons (Fsp3) is 0.710. The van der Waals surface area contributed by atoms with E-state index in [-0.39, 0.29) is 22.4 Å². The Labute approximate surface area is 427 Å². The highest BCUT2D eigenvalue weighted by Crippen LogP contribution is 2.52. The molecule has 0 spiro atoms. The predicted molar refractivity (Wildman–Crippen MR) is 296 cm³/mol. The summed E-state index contributed by atoms with van der Waals surface area (Å²) in [5.74, 6) is -1.46. The SMILES string of the molecule is CCCCCCCCCCCCCCCCCCN1/C(=C/C2C(=O)C(/C=C3/N(CCCCCCCCCCCCCCCCCC)c4cc(Cl)ccc4C3(C)C)C2=O)C(C)(C)c2ccc(Cl)cc21. The molecular weight excluding hydrogens is 876 g/mol. The molecule has 3 aliphatic rings. The van der Waals surface area contributed by atoms with Crippen molar-refractivity contribution in [2.45, 2.75) is 258 Å². The number of benzene rings is 2. The molecule has 0 saturated heterocycles. The Morgan fingerprint density at radius 2 is 0.662 bits per heavy atom. The minimum absolute atomic E-state index is 0.00861. The third-order valence-electron chi connectivity index (χ3n) is 16.1. The van der Waals surface area contributed by atoms with Crippen molar-refractivity contribution in [3.8, 4) is 0 Å². The maximum Gasteiger partial charge on any atom is 0.161 e. The van der Waals surface area contributed by atoms with Crippen molar-refractivity contribution < 1.29 is 9.59 Å². The summed E-state index contributed by atoms with van der Waals surface area (Å²) in [5.41, 5.74) is 6.05. The minimum Gasteiger partial charge on any atom is -0.344 e. The van der Waals surface area contributed by atoms with E-state index in [1.54, 1.807) is 0 Å². The molecule has 68 heavy (non-hydrogen) atoms. The molecule has 4 nitrogen and oxygen atoms in total. The molecule has 1 aliphatic carbocycles. The van der Waals surface area contributed by atoms with Crippen molar-refractivity contribution in [3.05, 3.63) is 81.1 Å². The Balaban J connectivity index is 1.11. The van der Waals surface area contributed by atoms with Gasteiger partial charge in [-0.15, -0.1) is 0 Å². The molecule has 1 fully saturated rings. The summed E-state index contributed by atoms with van der Waals surface area (Å²) in [6.45, 7) is 15.2. The molecule has 1 saturated carbocycles. The van der Waals surface area contributed by atoms with Gasteiger partial charge in [0.1, 0.15) is 0 Å². The summed E-state index contributed by atoms with van der Waals surface area (Å²) < 4.78 is 0. The highest BCUT2D eigenvalue weighted by molar-refractivity contribution is 6.31. The molecule has 0 radical (unpaired) electrons. The van der Waals surface area contributed by atoms with Crippen LogP contribution >= 0.6 is 23.2 Å². The molecule has 0 aromatic heterocycles. The van der Waals surface area contributed by atoms with Gasteiger partial charge in [0.05, 0.1) is 11.8 Å². The summed E-state index contributed by atoms with van der Waals surface area (Å²) in [6.07, 6.45) is 46.9. The van der Waals surface area contributed by atoms with E-state index in [4.69, 9.17) is 23.2 Å². The average Bonchev–Trinajstić information content (AvgIpc) is 3.65. The van der Waals surface area contributed by atoms with Gasteiger partial charge in [-0.2, -0.15) is 0 Å². The number of anilines is 2. The van der Waals surface area contributed by atoms with Crippen molar-refractivity contribution in [2.75, 3.05) is 22.9 Å². The van der Waals surface area contributed by atoms with E-state index in [9.17, 15) is 9.59 Å². The average molecular weight is 972 g/mol. The van der Waals surface area contributed by atoms with E-state index < -0.39 is 11.8 Å². The molecule has 0 amide bonds. The van der Waals surface area contributed by atoms with Gasteiger partial charge >= 0.3 is 0 Å². The van der Waals surface area contributed by atoms with Gasteiger partial charge in [0.2, 0.25) is 0 Å². The summed E-state index contributed by atoms with van der Waals surface area (Å²) in [6, 6.07) is 12.4. The van der Waals surface area contributed by atoms with Crippen molar-refractivity contribution in [1.82, 2.24) is 0 Å². The van der Waals surface area contributed by atoms with E-state index in [1.165, 1.54) is 204 Å². The first kappa shape index (κ1) is 56.4.